The number of aromatic nitrogens is 1. The van der Waals surface area contributed by atoms with Gasteiger partial charge in [0.25, 0.3) is 0 Å². The molecule has 0 bridgehead atoms. The molecule has 0 aliphatic rings. The van der Waals surface area contributed by atoms with Crippen molar-refractivity contribution in [3.8, 4) is 0 Å². The third kappa shape index (κ3) is 5.87. The summed E-state index contributed by atoms with van der Waals surface area (Å²) in [4.78, 5) is 15.6. The summed E-state index contributed by atoms with van der Waals surface area (Å²) in [5.74, 6) is 0.569. The Balaban J connectivity index is 2.21. The third-order valence-corrected chi connectivity index (χ3v) is 2.19. The summed E-state index contributed by atoms with van der Waals surface area (Å²) in [6.07, 6.45) is 1.85. The average molecular weight is 237 g/mol. The van der Waals surface area contributed by atoms with E-state index in [0.717, 1.165) is 25.1 Å². The second-order valence-corrected chi connectivity index (χ2v) is 3.75. The minimum Gasteiger partial charge on any atom is -0.385 e. The Labute approximate surface area is 102 Å². The lowest BCUT2D eigenvalue weighted by Crippen LogP contribution is -2.30. The highest BCUT2D eigenvalue weighted by atomic mass is 16.5. The van der Waals surface area contributed by atoms with Crippen LogP contribution < -0.4 is 10.6 Å². The first-order chi connectivity index (χ1) is 8.22. The van der Waals surface area contributed by atoms with Crippen molar-refractivity contribution in [3.63, 3.8) is 0 Å². The number of aryl methyl sites for hydroxylation is 1. The van der Waals surface area contributed by atoms with Crippen LogP contribution in [0.15, 0.2) is 18.2 Å². The molecule has 0 atom stereocenters. The van der Waals surface area contributed by atoms with E-state index in [1.165, 1.54) is 0 Å². The molecule has 0 aliphatic heterocycles. The molecule has 17 heavy (non-hydrogen) atoms. The standard InChI is InChI=1S/C12H19N3O2/c1-10-6-5-7-11(14-10)15-12(16)13-8-3-4-9-17-2/h5-7H,3-4,8-9H2,1-2H3,(H2,13,14,15,16). The first kappa shape index (κ1) is 13.4. The first-order valence-electron chi connectivity index (χ1n) is 5.70. The van der Waals surface area contributed by atoms with Crippen LogP contribution in [0.1, 0.15) is 18.5 Å². The minimum atomic E-state index is -0.222. The van der Waals surface area contributed by atoms with Crippen molar-refractivity contribution in [2.75, 3.05) is 25.6 Å². The van der Waals surface area contributed by atoms with E-state index >= 15 is 0 Å². The van der Waals surface area contributed by atoms with Gasteiger partial charge in [-0.3, -0.25) is 5.32 Å². The first-order valence-corrected chi connectivity index (χ1v) is 5.70. The van der Waals surface area contributed by atoms with Gasteiger partial charge in [0.2, 0.25) is 0 Å². The lowest BCUT2D eigenvalue weighted by atomic mass is 10.3. The fourth-order valence-corrected chi connectivity index (χ4v) is 1.35. The maximum Gasteiger partial charge on any atom is 0.320 e. The number of methoxy groups -OCH3 is 1. The van der Waals surface area contributed by atoms with Gasteiger partial charge in [0.15, 0.2) is 0 Å². The van der Waals surface area contributed by atoms with E-state index < -0.39 is 0 Å². The van der Waals surface area contributed by atoms with Crippen LogP contribution >= 0.6 is 0 Å². The van der Waals surface area contributed by atoms with Crippen molar-refractivity contribution in [2.45, 2.75) is 19.8 Å². The summed E-state index contributed by atoms with van der Waals surface area (Å²) >= 11 is 0. The molecule has 1 rings (SSSR count). The second kappa shape index (κ2) is 7.62. The van der Waals surface area contributed by atoms with E-state index in [-0.39, 0.29) is 6.03 Å². The number of carbonyl (C=O) groups is 1. The fourth-order valence-electron chi connectivity index (χ4n) is 1.35. The maximum atomic E-state index is 11.5. The van der Waals surface area contributed by atoms with Crippen molar-refractivity contribution < 1.29 is 9.53 Å². The topological polar surface area (TPSA) is 63.2 Å². The third-order valence-electron chi connectivity index (χ3n) is 2.19. The van der Waals surface area contributed by atoms with Crippen LogP contribution in [0.2, 0.25) is 0 Å². The Morgan fingerprint density at radius 2 is 2.24 bits per heavy atom. The van der Waals surface area contributed by atoms with Crippen LogP contribution in [0.4, 0.5) is 10.6 Å². The van der Waals surface area contributed by atoms with Crippen molar-refractivity contribution in [3.05, 3.63) is 23.9 Å². The van der Waals surface area contributed by atoms with Gasteiger partial charge in [-0.2, -0.15) is 0 Å². The van der Waals surface area contributed by atoms with Gasteiger partial charge in [0, 0.05) is 26.0 Å². The summed E-state index contributed by atoms with van der Waals surface area (Å²) in [6.45, 7) is 3.25. The number of amides is 2. The molecule has 0 saturated heterocycles. The fraction of sp³-hybridized carbons (Fsp3) is 0.500. The zero-order valence-corrected chi connectivity index (χ0v) is 10.3. The van der Waals surface area contributed by atoms with E-state index in [1.54, 1.807) is 13.2 Å². The van der Waals surface area contributed by atoms with Gasteiger partial charge in [0.1, 0.15) is 5.82 Å². The molecular weight excluding hydrogens is 218 g/mol. The number of carbonyl (C=O) groups excluding carboxylic acids is 1. The van der Waals surface area contributed by atoms with Gasteiger partial charge < -0.3 is 10.1 Å². The van der Waals surface area contributed by atoms with Crippen LogP contribution in [0, 0.1) is 6.92 Å². The number of unbranched alkanes of at least 4 members (excludes halogenated alkanes) is 1. The van der Waals surface area contributed by atoms with Gasteiger partial charge in [-0.15, -0.1) is 0 Å². The minimum absolute atomic E-state index is 0.222. The molecule has 0 aromatic carbocycles. The Bertz CT molecular complexity index is 355. The zero-order chi connectivity index (χ0) is 12.5. The molecule has 5 heteroatoms. The molecule has 94 valence electrons. The molecule has 1 aromatic rings. The quantitative estimate of drug-likeness (QED) is 0.743. The number of nitrogens with one attached hydrogen (secondary N) is 2. The van der Waals surface area contributed by atoms with Crippen LogP contribution in [-0.2, 0) is 4.74 Å². The largest absolute Gasteiger partial charge is 0.385 e. The lowest BCUT2D eigenvalue weighted by Gasteiger charge is -2.07. The Hall–Kier alpha value is -1.62. The molecule has 2 amide bonds. The summed E-state index contributed by atoms with van der Waals surface area (Å²) in [5.41, 5.74) is 0.878. The molecule has 0 aliphatic carbocycles. The monoisotopic (exact) mass is 237 g/mol. The summed E-state index contributed by atoms with van der Waals surface area (Å²) in [6, 6.07) is 5.28. The van der Waals surface area contributed by atoms with Gasteiger partial charge in [-0.25, -0.2) is 9.78 Å². The molecular formula is C12H19N3O2. The zero-order valence-electron chi connectivity index (χ0n) is 10.3. The molecule has 1 aromatic heterocycles. The number of anilines is 1. The van der Waals surface area contributed by atoms with E-state index in [9.17, 15) is 4.79 Å². The Morgan fingerprint density at radius 3 is 2.94 bits per heavy atom. The van der Waals surface area contributed by atoms with Gasteiger partial charge in [-0.05, 0) is 31.9 Å². The number of urea groups is 1. The highest BCUT2D eigenvalue weighted by Gasteiger charge is 2.01. The van der Waals surface area contributed by atoms with Gasteiger partial charge in [0.05, 0.1) is 0 Å². The normalized spacial score (nSPS) is 10.0. The highest BCUT2D eigenvalue weighted by Crippen LogP contribution is 2.03. The van der Waals surface area contributed by atoms with Crippen molar-refractivity contribution in [1.29, 1.82) is 0 Å². The van der Waals surface area contributed by atoms with Crippen LogP contribution in [-0.4, -0.2) is 31.3 Å². The predicted octanol–water partition coefficient (Wildman–Crippen LogP) is 1.94. The van der Waals surface area contributed by atoms with Crippen molar-refractivity contribution in [2.24, 2.45) is 0 Å². The summed E-state index contributed by atoms with van der Waals surface area (Å²) in [5, 5.41) is 5.45. The smallest absolute Gasteiger partial charge is 0.320 e. The molecule has 2 N–H and O–H groups in total. The molecule has 0 fully saturated rings. The second-order valence-electron chi connectivity index (χ2n) is 3.75. The van der Waals surface area contributed by atoms with Crippen LogP contribution in [0.3, 0.4) is 0 Å². The number of nitrogens with zero attached hydrogens (tertiary/aromatic N) is 1. The molecule has 0 radical (unpaired) electrons. The predicted molar refractivity (Wildman–Crippen MR) is 67.1 cm³/mol. The Morgan fingerprint density at radius 1 is 1.41 bits per heavy atom. The highest BCUT2D eigenvalue weighted by molar-refractivity contribution is 5.88. The molecule has 0 saturated carbocycles. The van der Waals surface area contributed by atoms with Gasteiger partial charge >= 0.3 is 6.03 Å². The van der Waals surface area contributed by atoms with E-state index in [2.05, 4.69) is 15.6 Å². The molecule has 1 heterocycles. The average Bonchev–Trinajstić information content (AvgIpc) is 2.29. The number of pyridine rings is 1. The lowest BCUT2D eigenvalue weighted by molar-refractivity contribution is 0.192. The number of hydrogen-bond acceptors (Lipinski definition) is 3. The summed E-state index contributed by atoms with van der Waals surface area (Å²) in [7, 11) is 1.67. The van der Waals surface area contributed by atoms with Crippen molar-refractivity contribution in [1.82, 2.24) is 10.3 Å². The number of hydrogen-bond donors (Lipinski definition) is 2. The van der Waals surface area contributed by atoms with Crippen LogP contribution in [0.5, 0.6) is 0 Å². The van der Waals surface area contributed by atoms with E-state index in [1.807, 2.05) is 19.1 Å². The van der Waals surface area contributed by atoms with Gasteiger partial charge in [-0.1, -0.05) is 6.07 Å². The SMILES string of the molecule is COCCCCNC(=O)Nc1cccc(C)n1. The Kier molecular flexibility index (Phi) is 6.03. The maximum absolute atomic E-state index is 11.5. The molecule has 0 spiro atoms. The van der Waals surface area contributed by atoms with E-state index in [4.69, 9.17) is 4.74 Å². The molecule has 5 nitrogen and oxygen atoms in total. The number of ether oxygens (including phenoxy) is 1. The van der Waals surface area contributed by atoms with Crippen LogP contribution in [0.25, 0.3) is 0 Å². The van der Waals surface area contributed by atoms with E-state index in [0.29, 0.717) is 12.4 Å². The summed E-state index contributed by atoms with van der Waals surface area (Å²) < 4.78 is 4.92. The van der Waals surface area contributed by atoms with Crippen molar-refractivity contribution >= 4 is 11.8 Å². The molecule has 0 unspecified atom stereocenters. The number of rotatable bonds is 6.